The highest BCUT2D eigenvalue weighted by molar-refractivity contribution is 5.70. The van der Waals surface area contributed by atoms with Crippen molar-refractivity contribution < 1.29 is 4.57 Å². The van der Waals surface area contributed by atoms with Crippen molar-refractivity contribution in [2.24, 2.45) is 13.0 Å². The number of imidazole rings is 1. The van der Waals surface area contributed by atoms with Gasteiger partial charge in [-0.05, 0) is 37.1 Å². The highest BCUT2D eigenvalue weighted by Crippen LogP contribution is 2.28. The summed E-state index contributed by atoms with van der Waals surface area (Å²) in [7, 11) is 1.72. The number of fused-ring (bicyclic) bond motifs is 3. The van der Waals surface area contributed by atoms with Crippen molar-refractivity contribution in [1.29, 1.82) is 0 Å². The Morgan fingerprint density at radius 1 is 1.06 bits per heavy atom. The van der Waals surface area contributed by atoms with Crippen molar-refractivity contribution in [3.63, 3.8) is 0 Å². The molecule has 3 heterocycles. The molecule has 0 spiro atoms. The Morgan fingerprint density at radius 2 is 1.81 bits per heavy atom. The van der Waals surface area contributed by atoms with Crippen LogP contribution in [0.2, 0.25) is 0 Å². The highest BCUT2D eigenvalue weighted by atomic mass is 16.2. The topological polar surface area (TPSA) is 66.9 Å². The van der Waals surface area contributed by atoms with Crippen LogP contribution in [0.5, 0.6) is 0 Å². The van der Waals surface area contributed by atoms with Crippen LogP contribution >= 0.6 is 0 Å². The van der Waals surface area contributed by atoms with E-state index in [2.05, 4.69) is 41.9 Å². The van der Waals surface area contributed by atoms with Gasteiger partial charge in [-0.1, -0.05) is 48.9 Å². The zero-order chi connectivity index (χ0) is 22.6. The van der Waals surface area contributed by atoms with E-state index >= 15 is 0 Å². The first-order chi connectivity index (χ1) is 15.3. The molecule has 7 nitrogen and oxygen atoms in total. The smallest absolute Gasteiger partial charge is 0.267 e. The lowest BCUT2D eigenvalue weighted by Crippen LogP contribution is -2.52. The maximum atomic E-state index is 13.6. The Labute approximate surface area is 186 Å². The number of aryl methyl sites for hydroxylation is 3. The van der Waals surface area contributed by atoms with Gasteiger partial charge in [0, 0.05) is 13.0 Å². The molecule has 2 aromatic heterocycles. The first-order valence-electron chi connectivity index (χ1n) is 11.0. The molecular formula is C25H28N5O2+. The first kappa shape index (κ1) is 20.3. The Hall–Kier alpha value is -3.61. The van der Waals surface area contributed by atoms with E-state index in [1.54, 1.807) is 11.6 Å². The molecule has 0 amide bonds. The van der Waals surface area contributed by atoms with Crippen LogP contribution in [0.15, 0.2) is 58.1 Å². The van der Waals surface area contributed by atoms with Crippen molar-refractivity contribution in [2.45, 2.75) is 33.9 Å². The maximum absolute atomic E-state index is 13.6. The van der Waals surface area contributed by atoms with E-state index in [1.807, 2.05) is 41.8 Å². The SMILES string of the molecule is Cc1ccc(Cn2c(=O)c3c([nH]c4[n+]3C[C@H](C)CN4c3cccc(C)c3)n(C)c2=O)cc1. The zero-order valence-electron chi connectivity index (χ0n) is 18.9. The lowest BCUT2D eigenvalue weighted by molar-refractivity contribution is -0.669. The summed E-state index contributed by atoms with van der Waals surface area (Å²) in [5.41, 5.74) is 4.84. The van der Waals surface area contributed by atoms with Crippen LogP contribution in [0, 0.1) is 19.8 Å². The van der Waals surface area contributed by atoms with Crippen LogP contribution in [0.4, 0.5) is 11.6 Å². The molecular weight excluding hydrogens is 402 g/mol. The van der Waals surface area contributed by atoms with Gasteiger partial charge in [0.25, 0.3) is 5.56 Å². The largest absolute Gasteiger partial charge is 0.364 e. The minimum Gasteiger partial charge on any atom is -0.267 e. The van der Waals surface area contributed by atoms with E-state index in [4.69, 9.17) is 0 Å². The van der Waals surface area contributed by atoms with Crippen molar-refractivity contribution in [3.05, 3.63) is 86.1 Å². The number of nitrogens with one attached hydrogen (secondary N) is 1. The molecule has 0 bridgehead atoms. The number of benzene rings is 2. The van der Waals surface area contributed by atoms with Gasteiger partial charge in [-0.25, -0.2) is 19.2 Å². The summed E-state index contributed by atoms with van der Waals surface area (Å²) in [6.07, 6.45) is 0. The van der Waals surface area contributed by atoms with Gasteiger partial charge in [0.2, 0.25) is 11.2 Å². The van der Waals surface area contributed by atoms with Crippen LogP contribution in [0.25, 0.3) is 11.2 Å². The van der Waals surface area contributed by atoms with Crippen molar-refractivity contribution in [2.75, 3.05) is 11.4 Å². The number of hydrogen-bond acceptors (Lipinski definition) is 3. The normalized spacial score (nSPS) is 15.9. The summed E-state index contributed by atoms with van der Waals surface area (Å²) >= 11 is 0. The van der Waals surface area contributed by atoms with E-state index in [1.165, 1.54) is 10.1 Å². The number of hydrogen-bond donors (Lipinski definition) is 1. The number of aromatic nitrogens is 4. The molecule has 32 heavy (non-hydrogen) atoms. The van der Waals surface area contributed by atoms with E-state index in [9.17, 15) is 9.59 Å². The number of anilines is 2. The predicted octanol–water partition coefficient (Wildman–Crippen LogP) is 2.77. The molecule has 164 valence electrons. The van der Waals surface area contributed by atoms with E-state index in [0.717, 1.165) is 35.9 Å². The zero-order valence-corrected chi connectivity index (χ0v) is 18.9. The molecule has 7 heteroatoms. The lowest BCUT2D eigenvalue weighted by atomic mass is 10.1. The van der Waals surface area contributed by atoms with Gasteiger partial charge in [0.05, 0.1) is 19.6 Å². The van der Waals surface area contributed by atoms with Gasteiger partial charge in [-0.3, -0.25) is 13.9 Å². The summed E-state index contributed by atoms with van der Waals surface area (Å²) in [6, 6.07) is 16.3. The maximum Gasteiger partial charge on any atom is 0.364 e. The Morgan fingerprint density at radius 3 is 2.53 bits per heavy atom. The second-order valence-corrected chi connectivity index (χ2v) is 9.03. The minimum absolute atomic E-state index is 0.249. The number of nitrogens with zero attached hydrogens (tertiary/aromatic N) is 4. The molecule has 1 aliphatic rings. The molecule has 4 aromatic rings. The average molecular weight is 431 g/mol. The van der Waals surface area contributed by atoms with E-state index in [0.29, 0.717) is 17.1 Å². The third-order valence-electron chi connectivity index (χ3n) is 6.30. The summed E-state index contributed by atoms with van der Waals surface area (Å²) < 4.78 is 4.93. The number of rotatable bonds is 3. The quantitative estimate of drug-likeness (QED) is 0.508. The Balaban J connectivity index is 1.72. The predicted molar refractivity (Wildman–Crippen MR) is 126 cm³/mol. The van der Waals surface area contributed by atoms with E-state index in [-0.39, 0.29) is 17.8 Å². The van der Waals surface area contributed by atoms with Crippen LogP contribution < -0.4 is 20.7 Å². The van der Waals surface area contributed by atoms with E-state index < -0.39 is 0 Å². The molecule has 1 N–H and O–H groups in total. The Kier molecular flexibility index (Phi) is 4.77. The second-order valence-electron chi connectivity index (χ2n) is 9.03. The average Bonchev–Trinajstić information content (AvgIpc) is 3.15. The fourth-order valence-corrected chi connectivity index (χ4v) is 4.61. The summed E-state index contributed by atoms with van der Waals surface area (Å²) in [5, 5.41) is 0. The van der Waals surface area contributed by atoms with Crippen molar-refractivity contribution >= 4 is 22.8 Å². The lowest BCUT2D eigenvalue weighted by Gasteiger charge is -2.26. The monoisotopic (exact) mass is 430 g/mol. The number of H-pyrrole nitrogens is 1. The number of aromatic amines is 1. The molecule has 1 atom stereocenters. The van der Waals surface area contributed by atoms with Gasteiger partial charge >= 0.3 is 11.6 Å². The molecule has 5 rings (SSSR count). The van der Waals surface area contributed by atoms with Crippen LogP contribution in [0.3, 0.4) is 0 Å². The van der Waals surface area contributed by atoms with Crippen molar-refractivity contribution in [1.82, 2.24) is 14.1 Å². The first-order valence-corrected chi connectivity index (χ1v) is 11.0. The van der Waals surface area contributed by atoms with Crippen LogP contribution in [-0.4, -0.2) is 20.7 Å². The summed E-state index contributed by atoms with van der Waals surface area (Å²) in [5.74, 6) is 1.18. The summed E-state index contributed by atoms with van der Waals surface area (Å²) in [4.78, 5) is 32.3. The minimum atomic E-state index is -0.322. The summed E-state index contributed by atoms with van der Waals surface area (Å²) in [6.45, 7) is 8.08. The van der Waals surface area contributed by atoms with Gasteiger partial charge in [0.15, 0.2) is 0 Å². The molecule has 0 saturated carbocycles. The molecule has 0 saturated heterocycles. The van der Waals surface area contributed by atoms with Crippen LogP contribution in [-0.2, 0) is 20.1 Å². The highest BCUT2D eigenvalue weighted by Gasteiger charge is 2.36. The molecule has 0 unspecified atom stereocenters. The third kappa shape index (κ3) is 3.25. The molecule has 0 radical (unpaired) electrons. The van der Waals surface area contributed by atoms with Crippen molar-refractivity contribution in [3.8, 4) is 0 Å². The fourth-order valence-electron chi connectivity index (χ4n) is 4.61. The fraction of sp³-hybridized carbons (Fsp3) is 0.320. The second kappa shape index (κ2) is 7.51. The van der Waals surface area contributed by atoms with Gasteiger partial charge in [0.1, 0.15) is 5.69 Å². The standard InChI is InChI=1S/C25H27N5O2/c1-16-8-10-19(11-9-16)15-30-23(31)21-22(27(4)25(30)32)26-24-28(13-18(3)14-29(21)24)20-7-5-6-17(2)12-20/h5-12,18H,13-15H2,1-4H3/p+1/t18-/m1/s1. The van der Waals surface area contributed by atoms with Gasteiger partial charge < -0.3 is 0 Å². The van der Waals surface area contributed by atoms with Crippen LogP contribution in [0.1, 0.15) is 23.6 Å². The molecule has 0 aliphatic carbocycles. The third-order valence-corrected chi connectivity index (χ3v) is 6.30. The molecule has 1 aliphatic heterocycles. The van der Waals surface area contributed by atoms with Gasteiger partial charge in [-0.2, -0.15) is 0 Å². The Bertz CT molecular complexity index is 1440. The molecule has 0 fully saturated rings. The van der Waals surface area contributed by atoms with Gasteiger partial charge in [-0.15, -0.1) is 0 Å². The molecule has 2 aromatic carbocycles.